The molecule has 0 heterocycles. The Bertz CT molecular complexity index is 317. The number of carbonyl (C=O) groups is 1. The van der Waals surface area contributed by atoms with Crippen molar-refractivity contribution in [1.82, 2.24) is 5.32 Å². The summed E-state index contributed by atoms with van der Waals surface area (Å²) in [6, 6.07) is 0. The Morgan fingerprint density at radius 2 is 2.18 bits per heavy atom. The lowest BCUT2D eigenvalue weighted by Crippen LogP contribution is -2.58. The minimum Gasteiger partial charge on any atom is -0.350 e. The van der Waals surface area contributed by atoms with Crippen LogP contribution in [-0.4, -0.2) is 18.0 Å². The quantitative estimate of drug-likeness (QED) is 0.785. The first-order valence-corrected chi connectivity index (χ1v) is 7.24. The van der Waals surface area contributed by atoms with Gasteiger partial charge in [0.15, 0.2) is 0 Å². The third-order valence-corrected chi connectivity index (χ3v) is 5.51. The van der Waals surface area contributed by atoms with Crippen molar-refractivity contribution in [2.24, 2.45) is 23.5 Å². The molecule has 3 nitrogen and oxygen atoms in total. The molecule has 3 rings (SSSR count). The van der Waals surface area contributed by atoms with Gasteiger partial charge in [0.2, 0.25) is 5.91 Å². The molecule has 4 unspecified atom stereocenters. The Morgan fingerprint density at radius 1 is 1.29 bits per heavy atom. The number of amides is 1. The molecule has 0 saturated heterocycles. The maximum Gasteiger partial charge on any atom is 0.221 e. The maximum absolute atomic E-state index is 11.9. The van der Waals surface area contributed by atoms with Gasteiger partial charge < -0.3 is 11.1 Å². The molecule has 1 amide bonds. The van der Waals surface area contributed by atoms with E-state index in [4.69, 9.17) is 5.73 Å². The second kappa shape index (κ2) is 4.27. The van der Waals surface area contributed by atoms with E-state index in [-0.39, 0.29) is 11.4 Å². The Morgan fingerprint density at radius 3 is 3.00 bits per heavy atom. The molecular formula is C14H24N2O. The monoisotopic (exact) mass is 236 g/mol. The van der Waals surface area contributed by atoms with Crippen molar-refractivity contribution in [2.75, 3.05) is 6.54 Å². The number of nitrogens with one attached hydrogen (secondary N) is 1. The molecule has 0 aromatic heterocycles. The molecule has 17 heavy (non-hydrogen) atoms. The van der Waals surface area contributed by atoms with Crippen LogP contribution in [0.4, 0.5) is 0 Å². The Hall–Kier alpha value is -0.570. The number of rotatable bonds is 3. The van der Waals surface area contributed by atoms with E-state index >= 15 is 0 Å². The molecular weight excluding hydrogens is 212 g/mol. The van der Waals surface area contributed by atoms with Gasteiger partial charge in [-0.15, -0.1) is 0 Å². The van der Waals surface area contributed by atoms with Crippen molar-refractivity contribution >= 4 is 5.91 Å². The molecule has 0 aromatic carbocycles. The van der Waals surface area contributed by atoms with Crippen molar-refractivity contribution in [1.29, 1.82) is 0 Å². The van der Waals surface area contributed by atoms with Crippen molar-refractivity contribution in [3.05, 3.63) is 0 Å². The van der Waals surface area contributed by atoms with E-state index < -0.39 is 0 Å². The summed E-state index contributed by atoms with van der Waals surface area (Å²) in [6.07, 6.45) is 9.76. The number of nitrogens with two attached hydrogens (primary N) is 1. The topological polar surface area (TPSA) is 55.1 Å². The van der Waals surface area contributed by atoms with E-state index in [1.807, 2.05) is 0 Å². The van der Waals surface area contributed by atoms with Crippen molar-refractivity contribution in [3.8, 4) is 0 Å². The fourth-order valence-corrected chi connectivity index (χ4v) is 4.76. The van der Waals surface area contributed by atoms with E-state index in [1.165, 1.54) is 44.9 Å². The summed E-state index contributed by atoms with van der Waals surface area (Å²) in [6.45, 7) is 0.471. The summed E-state index contributed by atoms with van der Waals surface area (Å²) in [4.78, 5) is 11.9. The highest BCUT2D eigenvalue weighted by Crippen LogP contribution is 2.56. The second-order valence-electron chi connectivity index (χ2n) is 6.37. The largest absolute Gasteiger partial charge is 0.350 e. The average molecular weight is 236 g/mol. The lowest BCUT2D eigenvalue weighted by Gasteiger charge is -2.50. The van der Waals surface area contributed by atoms with E-state index in [0.29, 0.717) is 13.0 Å². The van der Waals surface area contributed by atoms with E-state index in [2.05, 4.69) is 5.32 Å². The third-order valence-electron chi connectivity index (χ3n) is 5.51. The van der Waals surface area contributed by atoms with Crippen molar-refractivity contribution < 1.29 is 4.79 Å². The zero-order valence-corrected chi connectivity index (χ0v) is 10.6. The smallest absolute Gasteiger partial charge is 0.221 e. The van der Waals surface area contributed by atoms with Crippen LogP contribution in [0.1, 0.15) is 51.4 Å². The zero-order valence-electron chi connectivity index (χ0n) is 10.6. The first kappa shape index (κ1) is 11.5. The molecule has 3 saturated carbocycles. The molecule has 4 atom stereocenters. The summed E-state index contributed by atoms with van der Waals surface area (Å²) in [5.41, 5.74) is 5.63. The van der Waals surface area contributed by atoms with Crippen LogP contribution in [0.25, 0.3) is 0 Å². The van der Waals surface area contributed by atoms with Gasteiger partial charge in [-0.25, -0.2) is 0 Å². The molecule has 0 spiro atoms. The van der Waals surface area contributed by atoms with Crippen molar-refractivity contribution in [2.45, 2.75) is 56.9 Å². The van der Waals surface area contributed by atoms with Gasteiger partial charge in [-0.1, -0.05) is 12.8 Å². The summed E-state index contributed by atoms with van der Waals surface area (Å²) in [5.74, 6) is 2.80. The molecule has 3 fully saturated rings. The Kier molecular flexibility index (Phi) is 2.89. The number of hydrogen-bond acceptors (Lipinski definition) is 2. The highest BCUT2D eigenvalue weighted by Gasteiger charge is 2.52. The maximum atomic E-state index is 11.9. The van der Waals surface area contributed by atoms with Gasteiger partial charge >= 0.3 is 0 Å². The summed E-state index contributed by atoms with van der Waals surface area (Å²) in [5, 5.41) is 3.37. The molecule has 3 N–H and O–H groups in total. The lowest BCUT2D eigenvalue weighted by atomic mass is 9.61. The van der Waals surface area contributed by atoms with Crippen LogP contribution in [0, 0.1) is 17.8 Å². The normalized spacial score (nSPS) is 43.5. The number of hydrogen-bond donors (Lipinski definition) is 2. The zero-order chi connectivity index (χ0) is 11.9. The molecule has 3 heteroatoms. The third kappa shape index (κ3) is 1.88. The van der Waals surface area contributed by atoms with E-state index in [1.54, 1.807) is 0 Å². The summed E-state index contributed by atoms with van der Waals surface area (Å²) in [7, 11) is 0. The van der Waals surface area contributed by atoms with Crippen LogP contribution in [0.15, 0.2) is 0 Å². The fourth-order valence-electron chi connectivity index (χ4n) is 4.76. The van der Waals surface area contributed by atoms with Crippen LogP contribution in [0.2, 0.25) is 0 Å². The molecule has 0 aromatic rings. The number of carbonyl (C=O) groups excluding carboxylic acids is 1. The van der Waals surface area contributed by atoms with Gasteiger partial charge in [-0.05, 0) is 49.9 Å². The van der Waals surface area contributed by atoms with Crippen LogP contribution in [0.3, 0.4) is 0 Å². The minimum absolute atomic E-state index is 0.155. The minimum atomic E-state index is 0.155. The van der Waals surface area contributed by atoms with Crippen molar-refractivity contribution in [3.63, 3.8) is 0 Å². The number of fused-ring (bicyclic) bond motifs is 6. The van der Waals surface area contributed by atoms with E-state index in [0.717, 1.165) is 17.8 Å². The lowest BCUT2D eigenvalue weighted by molar-refractivity contribution is -0.125. The fraction of sp³-hybridized carbons (Fsp3) is 0.929. The molecule has 0 aliphatic heterocycles. The molecule has 4 bridgehead atoms. The van der Waals surface area contributed by atoms with Gasteiger partial charge in [0, 0.05) is 18.5 Å². The van der Waals surface area contributed by atoms with Gasteiger partial charge in [-0.2, -0.15) is 0 Å². The molecule has 0 radical (unpaired) electrons. The highest BCUT2D eigenvalue weighted by molar-refractivity contribution is 5.77. The van der Waals surface area contributed by atoms with Crippen LogP contribution >= 0.6 is 0 Å². The Balaban J connectivity index is 1.77. The van der Waals surface area contributed by atoms with E-state index in [9.17, 15) is 4.79 Å². The summed E-state index contributed by atoms with van der Waals surface area (Å²) >= 11 is 0. The standard InChI is InChI=1S/C14H24N2O/c15-7-5-13(17)16-14-6-1-2-11(9-14)10-3-4-12(14)8-10/h10-12H,1-9,15H2,(H,16,17). The SMILES string of the molecule is NCCC(=O)NC12CCCC(C1)C1CCC2C1. The predicted molar refractivity (Wildman–Crippen MR) is 67.3 cm³/mol. The first-order chi connectivity index (χ1) is 8.23. The molecule has 3 aliphatic rings. The average Bonchev–Trinajstić information content (AvgIpc) is 2.75. The highest BCUT2D eigenvalue weighted by atomic mass is 16.1. The predicted octanol–water partition coefficient (Wildman–Crippen LogP) is 1.81. The van der Waals surface area contributed by atoms with Crippen LogP contribution < -0.4 is 11.1 Å². The second-order valence-corrected chi connectivity index (χ2v) is 6.37. The molecule has 96 valence electrons. The van der Waals surface area contributed by atoms with Crippen LogP contribution in [0.5, 0.6) is 0 Å². The van der Waals surface area contributed by atoms with Gasteiger partial charge in [0.05, 0.1) is 0 Å². The van der Waals surface area contributed by atoms with Gasteiger partial charge in [0.25, 0.3) is 0 Å². The molecule has 3 aliphatic carbocycles. The van der Waals surface area contributed by atoms with Gasteiger partial charge in [-0.3, -0.25) is 4.79 Å². The van der Waals surface area contributed by atoms with Crippen LogP contribution in [-0.2, 0) is 4.79 Å². The van der Waals surface area contributed by atoms with Gasteiger partial charge in [0.1, 0.15) is 0 Å². The Labute approximate surface area is 104 Å². The first-order valence-electron chi connectivity index (χ1n) is 7.24. The summed E-state index contributed by atoms with van der Waals surface area (Å²) < 4.78 is 0.